The van der Waals surface area contributed by atoms with E-state index in [2.05, 4.69) is 66.5 Å². The van der Waals surface area contributed by atoms with Gasteiger partial charge in [0.1, 0.15) is 6.10 Å². The molecule has 252 valence electrons. The first-order chi connectivity index (χ1) is 20.9. The summed E-state index contributed by atoms with van der Waals surface area (Å²) in [6.45, 7) is 23.8. The van der Waals surface area contributed by atoms with Crippen LogP contribution in [-0.2, 0) is 14.3 Å². The Morgan fingerprint density at radius 3 is 2.22 bits per heavy atom. The van der Waals surface area contributed by atoms with Gasteiger partial charge in [-0.3, -0.25) is 9.59 Å². The van der Waals surface area contributed by atoms with Crippen molar-refractivity contribution >= 4 is 11.9 Å². The van der Waals surface area contributed by atoms with Crippen molar-refractivity contribution in [3.8, 4) is 0 Å². The lowest BCUT2D eigenvalue weighted by molar-refractivity contribution is -0.910. The predicted octanol–water partition coefficient (Wildman–Crippen LogP) is 8.17. The predicted molar refractivity (Wildman–Crippen MR) is 180 cm³/mol. The molecule has 0 N–H and O–H groups in total. The van der Waals surface area contributed by atoms with Crippen LogP contribution in [0.2, 0.25) is 0 Å². The Kier molecular flexibility index (Phi) is 7.21. The first-order valence-corrected chi connectivity index (χ1v) is 18.9. The van der Waals surface area contributed by atoms with Gasteiger partial charge in [0.2, 0.25) is 5.91 Å². The first kappa shape index (κ1) is 32.2. The van der Waals surface area contributed by atoms with Gasteiger partial charge in [0.15, 0.2) is 0 Å². The number of carbonyl (C=O) groups excluding carboxylic acids is 2. The van der Waals surface area contributed by atoms with Crippen molar-refractivity contribution in [3.05, 3.63) is 11.6 Å². The molecular formula is C40H65N2O3+. The van der Waals surface area contributed by atoms with E-state index in [1.54, 1.807) is 12.5 Å². The summed E-state index contributed by atoms with van der Waals surface area (Å²) in [5.74, 6) is 1.95. The van der Waals surface area contributed by atoms with E-state index in [0.29, 0.717) is 29.7 Å². The second kappa shape index (κ2) is 10.1. The molecule has 5 aliphatic carbocycles. The molecule has 3 aliphatic heterocycles. The van der Waals surface area contributed by atoms with Gasteiger partial charge >= 0.3 is 5.97 Å². The monoisotopic (exact) mass is 621 g/mol. The van der Waals surface area contributed by atoms with Gasteiger partial charge < -0.3 is 14.1 Å². The summed E-state index contributed by atoms with van der Waals surface area (Å²) in [4.78, 5) is 29.7. The van der Waals surface area contributed by atoms with E-state index in [1.807, 2.05) is 0 Å². The largest absolute Gasteiger partial charge is 0.462 e. The summed E-state index contributed by atoms with van der Waals surface area (Å²) in [7, 11) is 2.42. The molecule has 3 heterocycles. The second-order valence-electron chi connectivity index (χ2n) is 19.8. The van der Waals surface area contributed by atoms with E-state index >= 15 is 4.79 Å². The Morgan fingerprint density at radius 1 is 0.844 bits per heavy atom. The van der Waals surface area contributed by atoms with Crippen LogP contribution in [0.25, 0.3) is 0 Å². The van der Waals surface area contributed by atoms with Crippen LogP contribution in [0.5, 0.6) is 0 Å². The third-order valence-corrected chi connectivity index (χ3v) is 16.9. The minimum Gasteiger partial charge on any atom is -0.462 e. The minimum absolute atomic E-state index is 0.0176. The molecule has 0 aromatic carbocycles. The average molecular weight is 622 g/mol. The quantitative estimate of drug-likeness (QED) is 0.178. The van der Waals surface area contributed by atoms with E-state index in [-0.39, 0.29) is 44.6 Å². The van der Waals surface area contributed by atoms with Crippen molar-refractivity contribution in [2.75, 3.05) is 33.2 Å². The summed E-state index contributed by atoms with van der Waals surface area (Å²) < 4.78 is 7.13. The van der Waals surface area contributed by atoms with Gasteiger partial charge in [-0.25, -0.2) is 0 Å². The molecule has 8 aliphatic rings. The summed E-state index contributed by atoms with van der Waals surface area (Å²) in [6.07, 6.45) is 16.4. The molecule has 7 fully saturated rings. The smallest absolute Gasteiger partial charge is 0.302 e. The Bertz CT molecular complexity index is 1280. The fourth-order valence-corrected chi connectivity index (χ4v) is 13.8. The highest BCUT2D eigenvalue weighted by molar-refractivity contribution is 5.84. The fraction of sp³-hybridized carbons (Fsp3) is 0.900. The normalized spacial score (nSPS) is 49.8. The number of piperidine rings is 1. The van der Waals surface area contributed by atoms with Crippen molar-refractivity contribution in [1.82, 2.24) is 4.90 Å². The first-order valence-electron chi connectivity index (χ1n) is 18.9. The standard InChI is InChI=1S/C40H65N2O3/c1-27(43)45-33-13-16-37(6)31(36(33,4)5)12-17-39(8)32(37)11-10-29-30-26-35(2,3)18-20-40(30,21-19-38(29,39)7)34(44)41-22-25-42(9)23-14-28(41)15-24-42/h10,28,30-33H,11-26H2,1-9H3/q+1/t28?,30-,31-,32+,33-,37-,38+,39+,40-,42?/m0/s1. The number of carbonyl (C=O) groups is 2. The molecule has 8 rings (SSSR count). The lowest BCUT2D eigenvalue weighted by atomic mass is 9.33. The molecule has 0 radical (unpaired) electrons. The maximum atomic E-state index is 15.2. The number of allylic oxidation sites excluding steroid dienone is 2. The average Bonchev–Trinajstić information content (AvgIpc) is 3.22. The molecule has 0 unspecified atom stereocenters. The topological polar surface area (TPSA) is 46.6 Å². The zero-order valence-corrected chi connectivity index (χ0v) is 30.4. The molecule has 8 atom stereocenters. The molecule has 2 bridgehead atoms. The number of fused-ring (bicyclic) bond motifs is 11. The van der Waals surface area contributed by atoms with Crippen LogP contribution >= 0.6 is 0 Å². The van der Waals surface area contributed by atoms with Crippen molar-refractivity contribution in [1.29, 1.82) is 0 Å². The van der Waals surface area contributed by atoms with Crippen LogP contribution < -0.4 is 0 Å². The SMILES string of the molecule is CC(=O)O[C@H]1CC[C@]2(C)[C@H]3CC=C4[C@@H]5CC(C)(C)CC[C@]5(C(=O)N5CC[N+]6(C)CCC5CC6)CC[C@@]4(C)[C@]3(C)CC[C@H]2C1(C)C. The van der Waals surface area contributed by atoms with Crippen molar-refractivity contribution in [2.24, 2.45) is 50.2 Å². The second-order valence-corrected chi connectivity index (χ2v) is 19.8. The van der Waals surface area contributed by atoms with Gasteiger partial charge in [-0.1, -0.05) is 60.1 Å². The highest BCUT2D eigenvalue weighted by atomic mass is 16.5. The lowest BCUT2D eigenvalue weighted by Crippen LogP contribution is -2.66. The molecule has 3 saturated heterocycles. The number of ether oxygens (including phenoxy) is 1. The van der Waals surface area contributed by atoms with E-state index in [1.165, 1.54) is 45.2 Å². The number of hydrogen-bond acceptors (Lipinski definition) is 3. The van der Waals surface area contributed by atoms with Crippen molar-refractivity contribution < 1.29 is 18.8 Å². The molecular weight excluding hydrogens is 556 g/mol. The number of quaternary nitrogens is 1. The maximum absolute atomic E-state index is 15.2. The Hall–Kier alpha value is -1.36. The van der Waals surface area contributed by atoms with E-state index in [0.717, 1.165) is 62.5 Å². The third kappa shape index (κ3) is 4.46. The van der Waals surface area contributed by atoms with E-state index in [9.17, 15) is 4.79 Å². The van der Waals surface area contributed by atoms with Crippen molar-refractivity contribution in [2.45, 2.75) is 145 Å². The maximum Gasteiger partial charge on any atom is 0.302 e. The number of rotatable bonds is 2. The van der Waals surface area contributed by atoms with Crippen LogP contribution in [0.3, 0.4) is 0 Å². The van der Waals surface area contributed by atoms with E-state index < -0.39 is 0 Å². The minimum atomic E-state index is -0.217. The molecule has 5 nitrogen and oxygen atoms in total. The third-order valence-electron chi connectivity index (χ3n) is 16.9. The van der Waals surface area contributed by atoms with Gasteiger partial charge in [0, 0.05) is 31.2 Å². The molecule has 0 aromatic rings. The highest BCUT2D eigenvalue weighted by Gasteiger charge is 2.69. The zero-order valence-electron chi connectivity index (χ0n) is 30.4. The fourth-order valence-electron chi connectivity index (χ4n) is 13.8. The van der Waals surface area contributed by atoms with Crippen LogP contribution in [0.15, 0.2) is 11.6 Å². The summed E-state index contributed by atoms with van der Waals surface area (Å²) in [5.41, 5.74) is 2.30. The van der Waals surface area contributed by atoms with Crippen LogP contribution in [0.4, 0.5) is 0 Å². The number of amides is 1. The van der Waals surface area contributed by atoms with Gasteiger partial charge in [-0.15, -0.1) is 0 Å². The van der Waals surface area contributed by atoms with Gasteiger partial charge in [0.05, 0.1) is 38.6 Å². The number of esters is 1. The summed E-state index contributed by atoms with van der Waals surface area (Å²) in [5, 5.41) is 0. The van der Waals surface area contributed by atoms with Gasteiger partial charge in [-0.05, 0) is 104 Å². The highest BCUT2D eigenvalue weighted by Crippen LogP contribution is 2.76. The molecule has 45 heavy (non-hydrogen) atoms. The van der Waals surface area contributed by atoms with Gasteiger partial charge in [0.25, 0.3) is 0 Å². The van der Waals surface area contributed by atoms with Crippen molar-refractivity contribution in [3.63, 3.8) is 0 Å². The van der Waals surface area contributed by atoms with Gasteiger partial charge in [-0.2, -0.15) is 0 Å². The van der Waals surface area contributed by atoms with E-state index in [4.69, 9.17) is 4.74 Å². The lowest BCUT2D eigenvalue weighted by Gasteiger charge is -2.71. The Labute approximate surface area is 274 Å². The van der Waals surface area contributed by atoms with Crippen LogP contribution in [0, 0.1) is 50.2 Å². The number of hydrogen-bond donors (Lipinski definition) is 0. The molecule has 1 amide bonds. The summed E-state index contributed by atoms with van der Waals surface area (Å²) in [6, 6.07) is 0.451. The summed E-state index contributed by atoms with van der Waals surface area (Å²) >= 11 is 0. The Balaban J connectivity index is 1.25. The van der Waals surface area contributed by atoms with Crippen LogP contribution in [-0.4, -0.2) is 66.6 Å². The number of nitrogens with zero attached hydrogens (tertiary/aromatic N) is 2. The zero-order chi connectivity index (χ0) is 32.4. The molecule has 4 saturated carbocycles. The molecule has 0 aromatic heterocycles. The molecule has 0 spiro atoms. The van der Waals surface area contributed by atoms with Crippen LogP contribution in [0.1, 0.15) is 132 Å². The molecule has 5 heteroatoms. The number of likely N-dealkylation sites (N-methyl/N-ethyl adjacent to an activating group) is 1. The Morgan fingerprint density at radius 2 is 1.53 bits per heavy atom.